The van der Waals surface area contributed by atoms with Gasteiger partial charge in [-0.1, -0.05) is 35.9 Å². The molecule has 0 aliphatic carbocycles. The highest BCUT2D eigenvalue weighted by atomic mass is 16.5. The fraction of sp³-hybridized carbons (Fsp3) is 0.294. The van der Waals surface area contributed by atoms with Crippen LogP contribution in [0.2, 0.25) is 0 Å². The summed E-state index contributed by atoms with van der Waals surface area (Å²) in [4.78, 5) is 0. The summed E-state index contributed by atoms with van der Waals surface area (Å²) >= 11 is 0. The molecule has 2 rings (SSSR count). The van der Waals surface area contributed by atoms with Crippen LogP contribution in [-0.4, -0.2) is 6.54 Å². The van der Waals surface area contributed by atoms with Gasteiger partial charge in [0.25, 0.3) is 0 Å². The van der Waals surface area contributed by atoms with Crippen LogP contribution in [0.3, 0.4) is 0 Å². The number of benzene rings is 2. The quantitative estimate of drug-likeness (QED) is 0.793. The summed E-state index contributed by atoms with van der Waals surface area (Å²) in [6.45, 7) is 3.31. The van der Waals surface area contributed by atoms with Gasteiger partial charge in [0.15, 0.2) is 0 Å². The minimum atomic E-state index is 0.534. The molecule has 0 fully saturated rings. The van der Waals surface area contributed by atoms with E-state index < -0.39 is 0 Å². The van der Waals surface area contributed by atoms with Crippen LogP contribution in [0.4, 0.5) is 5.69 Å². The van der Waals surface area contributed by atoms with Gasteiger partial charge in [-0.3, -0.25) is 0 Å². The van der Waals surface area contributed by atoms with Crippen molar-refractivity contribution in [2.45, 2.75) is 26.4 Å². The van der Waals surface area contributed by atoms with Crippen molar-refractivity contribution in [3.05, 3.63) is 59.2 Å². The lowest BCUT2D eigenvalue weighted by Gasteiger charge is -2.10. The van der Waals surface area contributed by atoms with E-state index in [-0.39, 0.29) is 0 Å². The molecule has 3 heteroatoms. The highest BCUT2D eigenvalue weighted by Gasteiger charge is 2.03. The fourth-order valence-corrected chi connectivity index (χ4v) is 2.04. The first kappa shape index (κ1) is 14.4. The number of rotatable bonds is 6. The molecule has 20 heavy (non-hydrogen) atoms. The molecule has 0 saturated carbocycles. The first-order chi connectivity index (χ1) is 9.69. The minimum absolute atomic E-state index is 0.534. The van der Waals surface area contributed by atoms with Gasteiger partial charge in [0.2, 0.25) is 0 Å². The molecule has 0 amide bonds. The topological polar surface area (TPSA) is 61.3 Å². The van der Waals surface area contributed by atoms with Gasteiger partial charge in [-0.15, -0.1) is 0 Å². The van der Waals surface area contributed by atoms with Gasteiger partial charge in [0, 0.05) is 0 Å². The summed E-state index contributed by atoms with van der Waals surface area (Å²) in [7, 11) is 0. The van der Waals surface area contributed by atoms with E-state index in [1.807, 2.05) is 12.1 Å². The molecular weight excluding hydrogens is 248 g/mol. The van der Waals surface area contributed by atoms with Crippen LogP contribution in [0.1, 0.15) is 23.1 Å². The molecule has 2 aromatic rings. The van der Waals surface area contributed by atoms with E-state index in [2.05, 4.69) is 37.3 Å². The third-order valence-electron chi connectivity index (χ3n) is 3.26. The van der Waals surface area contributed by atoms with Crippen LogP contribution in [-0.2, 0) is 13.0 Å². The molecule has 0 saturated heterocycles. The maximum atomic E-state index is 6.03. The second-order valence-electron chi connectivity index (χ2n) is 5.04. The second kappa shape index (κ2) is 6.96. The number of ether oxygens (including phenoxy) is 1. The van der Waals surface area contributed by atoms with Gasteiger partial charge in [0.05, 0.1) is 5.69 Å². The van der Waals surface area contributed by atoms with Crippen molar-refractivity contribution in [1.29, 1.82) is 0 Å². The average Bonchev–Trinajstić information content (AvgIpc) is 2.46. The predicted octanol–water partition coefficient (Wildman–Crippen LogP) is 3.05. The summed E-state index contributed by atoms with van der Waals surface area (Å²) in [5, 5.41) is 0. The number of aryl methyl sites for hydroxylation is 2. The van der Waals surface area contributed by atoms with E-state index in [9.17, 15) is 0 Å². The lowest BCUT2D eigenvalue weighted by molar-refractivity contribution is 0.308. The molecule has 0 aromatic heterocycles. The summed E-state index contributed by atoms with van der Waals surface area (Å²) in [6.07, 6.45) is 1.93. The largest absolute Gasteiger partial charge is 0.487 e. The van der Waals surface area contributed by atoms with Crippen molar-refractivity contribution in [3.8, 4) is 5.75 Å². The Hall–Kier alpha value is -2.00. The SMILES string of the molecule is Cc1ccc(COc2ccc(CCCN)cc2N)cc1. The van der Waals surface area contributed by atoms with Gasteiger partial charge in [-0.25, -0.2) is 0 Å². The van der Waals surface area contributed by atoms with Gasteiger partial charge in [-0.2, -0.15) is 0 Å². The van der Waals surface area contributed by atoms with Crippen molar-refractivity contribution in [2.24, 2.45) is 5.73 Å². The molecule has 0 bridgehead atoms. The maximum Gasteiger partial charge on any atom is 0.142 e. The summed E-state index contributed by atoms with van der Waals surface area (Å²) in [6, 6.07) is 14.3. The van der Waals surface area contributed by atoms with Crippen LogP contribution >= 0.6 is 0 Å². The normalized spacial score (nSPS) is 10.5. The van der Waals surface area contributed by atoms with Crippen molar-refractivity contribution in [1.82, 2.24) is 0 Å². The van der Waals surface area contributed by atoms with Crippen LogP contribution in [0, 0.1) is 6.92 Å². The Balaban J connectivity index is 1.97. The molecule has 0 atom stereocenters. The van der Waals surface area contributed by atoms with E-state index in [1.54, 1.807) is 0 Å². The Kier molecular flexibility index (Phi) is 5.02. The highest BCUT2D eigenvalue weighted by Crippen LogP contribution is 2.24. The smallest absolute Gasteiger partial charge is 0.142 e. The zero-order chi connectivity index (χ0) is 14.4. The van der Waals surface area contributed by atoms with Gasteiger partial charge in [0.1, 0.15) is 12.4 Å². The maximum absolute atomic E-state index is 6.03. The van der Waals surface area contributed by atoms with E-state index in [0.29, 0.717) is 18.8 Å². The van der Waals surface area contributed by atoms with E-state index in [0.717, 1.165) is 24.2 Å². The number of anilines is 1. The zero-order valence-electron chi connectivity index (χ0n) is 11.9. The number of hydrogen-bond donors (Lipinski definition) is 2. The predicted molar refractivity (Wildman–Crippen MR) is 83.7 cm³/mol. The lowest BCUT2D eigenvalue weighted by atomic mass is 10.1. The van der Waals surface area contributed by atoms with Crippen molar-refractivity contribution < 1.29 is 4.74 Å². The molecule has 0 aliphatic rings. The molecule has 2 aromatic carbocycles. The van der Waals surface area contributed by atoms with Crippen molar-refractivity contribution >= 4 is 5.69 Å². The Morgan fingerprint density at radius 1 is 1.00 bits per heavy atom. The Labute approximate surface area is 120 Å². The molecule has 0 radical (unpaired) electrons. The molecule has 3 nitrogen and oxygen atoms in total. The first-order valence-corrected chi connectivity index (χ1v) is 6.96. The molecular formula is C17H22N2O. The van der Waals surface area contributed by atoms with E-state index >= 15 is 0 Å². The fourth-order valence-electron chi connectivity index (χ4n) is 2.04. The Morgan fingerprint density at radius 2 is 1.70 bits per heavy atom. The number of hydrogen-bond acceptors (Lipinski definition) is 3. The zero-order valence-corrected chi connectivity index (χ0v) is 11.9. The number of nitrogen functional groups attached to an aromatic ring is 1. The summed E-state index contributed by atoms with van der Waals surface area (Å²) in [5.41, 5.74) is 15.8. The van der Waals surface area contributed by atoms with Crippen LogP contribution in [0.25, 0.3) is 0 Å². The van der Waals surface area contributed by atoms with Crippen molar-refractivity contribution in [3.63, 3.8) is 0 Å². The molecule has 106 valence electrons. The lowest BCUT2D eigenvalue weighted by Crippen LogP contribution is -2.02. The van der Waals surface area contributed by atoms with Crippen molar-refractivity contribution in [2.75, 3.05) is 12.3 Å². The van der Waals surface area contributed by atoms with Gasteiger partial charge in [-0.05, 0) is 49.6 Å². The molecule has 0 spiro atoms. The average molecular weight is 270 g/mol. The molecule has 0 unspecified atom stereocenters. The standard InChI is InChI=1S/C17H22N2O/c1-13-4-6-15(7-5-13)12-20-17-9-8-14(3-2-10-18)11-16(17)19/h4-9,11H,2-3,10,12,18-19H2,1H3. The van der Waals surface area contributed by atoms with E-state index in [1.165, 1.54) is 11.1 Å². The van der Waals surface area contributed by atoms with Crippen LogP contribution in [0.15, 0.2) is 42.5 Å². The summed E-state index contributed by atoms with van der Waals surface area (Å²) in [5.74, 6) is 0.738. The minimum Gasteiger partial charge on any atom is -0.487 e. The second-order valence-corrected chi connectivity index (χ2v) is 5.04. The molecule has 0 aliphatic heterocycles. The molecule has 4 N–H and O–H groups in total. The van der Waals surface area contributed by atoms with Crippen LogP contribution < -0.4 is 16.2 Å². The van der Waals surface area contributed by atoms with E-state index in [4.69, 9.17) is 16.2 Å². The van der Waals surface area contributed by atoms with Gasteiger partial charge < -0.3 is 16.2 Å². The molecule has 0 heterocycles. The Bertz CT molecular complexity index is 549. The number of nitrogens with two attached hydrogens (primary N) is 2. The summed E-state index contributed by atoms with van der Waals surface area (Å²) < 4.78 is 5.77. The monoisotopic (exact) mass is 270 g/mol. The third-order valence-corrected chi connectivity index (χ3v) is 3.26. The Morgan fingerprint density at radius 3 is 2.35 bits per heavy atom. The van der Waals surface area contributed by atoms with Crippen LogP contribution in [0.5, 0.6) is 5.75 Å². The first-order valence-electron chi connectivity index (χ1n) is 6.96. The highest BCUT2D eigenvalue weighted by molar-refractivity contribution is 5.54. The third kappa shape index (κ3) is 4.00. The van der Waals surface area contributed by atoms with Gasteiger partial charge >= 0.3 is 0 Å².